The van der Waals surface area contributed by atoms with Gasteiger partial charge in [0, 0.05) is 24.7 Å². The molecule has 0 bridgehead atoms. The molecule has 1 aliphatic heterocycles. The lowest BCUT2D eigenvalue weighted by molar-refractivity contribution is 0.243. The predicted octanol–water partition coefficient (Wildman–Crippen LogP) is 3.77. The molecule has 0 radical (unpaired) electrons. The number of hydrogen-bond donors (Lipinski definition) is 2. The van der Waals surface area contributed by atoms with Crippen molar-refractivity contribution >= 4 is 5.84 Å². The molecule has 2 unspecified atom stereocenters. The van der Waals surface area contributed by atoms with Crippen molar-refractivity contribution in [2.75, 3.05) is 13.7 Å². The number of halogens is 2. The Balaban J connectivity index is 1.50. The van der Waals surface area contributed by atoms with Gasteiger partial charge < -0.3 is 19.8 Å². The molecule has 0 aromatic carbocycles. The number of aliphatic hydroxyl groups excluding tert-OH is 1. The largest absolute Gasteiger partial charge is 0.394 e. The maximum absolute atomic E-state index is 14.6. The Hall–Kier alpha value is -3.01. The van der Waals surface area contributed by atoms with Crippen molar-refractivity contribution in [1.82, 2.24) is 25.2 Å². The van der Waals surface area contributed by atoms with E-state index in [0.717, 1.165) is 37.7 Å². The fourth-order valence-corrected chi connectivity index (χ4v) is 4.40. The first-order chi connectivity index (χ1) is 15.9. The predicted molar refractivity (Wildman–Crippen MR) is 118 cm³/mol. The Kier molecular flexibility index (Phi) is 5.55. The maximum atomic E-state index is 14.6. The first-order valence-electron chi connectivity index (χ1n) is 11.3. The number of aryl methyl sites for hydroxylation is 1. The summed E-state index contributed by atoms with van der Waals surface area (Å²) in [6.07, 6.45) is 7.97. The first kappa shape index (κ1) is 21.8. The Morgan fingerprint density at radius 2 is 2.15 bits per heavy atom. The van der Waals surface area contributed by atoms with Gasteiger partial charge >= 0.3 is 0 Å². The van der Waals surface area contributed by atoms with Gasteiger partial charge in [0.15, 0.2) is 17.8 Å². The average Bonchev–Trinajstić information content (AvgIpc) is 3.25. The third-order valence-electron chi connectivity index (χ3n) is 6.65. The van der Waals surface area contributed by atoms with Crippen LogP contribution in [0.4, 0.5) is 8.78 Å². The molecule has 2 N–H and O–H groups in total. The molecule has 2 atom stereocenters. The highest BCUT2D eigenvalue weighted by molar-refractivity contribution is 5.97. The third-order valence-corrected chi connectivity index (χ3v) is 6.65. The van der Waals surface area contributed by atoms with Crippen LogP contribution in [0.3, 0.4) is 0 Å². The van der Waals surface area contributed by atoms with E-state index in [4.69, 9.17) is 9.62 Å². The summed E-state index contributed by atoms with van der Waals surface area (Å²) in [6.45, 7) is 2.18. The van der Waals surface area contributed by atoms with Crippen LogP contribution >= 0.6 is 0 Å². The molecule has 0 saturated heterocycles. The molecule has 8 nitrogen and oxygen atoms in total. The van der Waals surface area contributed by atoms with Crippen molar-refractivity contribution in [3.8, 4) is 11.4 Å². The van der Waals surface area contributed by atoms with Crippen molar-refractivity contribution in [3.05, 3.63) is 47.5 Å². The van der Waals surface area contributed by atoms with Gasteiger partial charge in [-0.05, 0) is 45.1 Å². The van der Waals surface area contributed by atoms with E-state index in [1.54, 1.807) is 29.0 Å². The smallest absolute Gasteiger partial charge is 0.180 e. The van der Waals surface area contributed by atoms with Crippen molar-refractivity contribution in [2.45, 2.75) is 57.3 Å². The van der Waals surface area contributed by atoms with Gasteiger partial charge in [0.25, 0.3) is 0 Å². The van der Waals surface area contributed by atoms with Crippen molar-refractivity contribution in [1.29, 1.82) is 0 Å². The summed E-state index contributed by atoms with van der Waals surface area (Å²) >= 11 is 0. The minimum Gasteiger partial charge on any atom is -0.394 e. The lowest BCUT2D eigenvalue weighted by Gasteiger charge is -2.28. The lowest BCUT2D eigenvalue weighted by atomic mass is 9.94. The van der Waals surface area contributed by atoms with Crippen molar-refractivity contribution in [3.63, 3.8) is 0 Å². The summed E-state index contributed by atoms with van der Waals surface area (Å²) in [7, 11) is 1.73. The van der Waals surface area contributed by atoms with Crippen LogP contribution in [0.2, 0.25) is 0 Å². The summed E-state index contributed by atoms with van der Waals surface area (Å²) in [4.78, 5) is 6.22. The number of aliphatic imine (C=N–C) groups is 1. The highest BCUT2D eigenvalue weighted by atomic mass is 19.1. The number of hydrogen-bond acceptors (Lipinski definition) is 7. The second-order valence-corrected chi connectivity index (χ2v) is 9.26. The minimum absolute atomic E-state index is 0.0789. The van der Waals surface area contributed by atoms with Crippen LogP contribution in [0.1, 0.15) is 49.5 Å². The van der Waals surface area contributed by atoms with Gasteiger partial charge in [-0.3, -0.25) is 4.68 Å². The molecule has 3 heterocycles. The van der Waals surface area contributed by atoms with Gasteiger partial charge in [0.05, 0.1) is 24.4 Å². The Labute approximate surface area is 190 Å². The fraction of sp³-hybridized carbons (Fsp3) is 0.522. The molecule has 0 amide bonds. The normalized spacial score (nSPS) is 24.3. The molecule has 1 saturated carbocycles. The molecule has 2 aromatic heterocycles. The van der Waals surface area contributed by atoms with Crippen LogP contribution in [-0.2, 0) is 6.54 Å². The van der Waals surface area contributed by atoms with Crippen LogP contribution in [0.15, 0.2) is 45.8 Å². The molecule has 2 aromatic rings. The fourth-order valence-electron chi connectivity index (χ4n) is 4.40. The SMILES string of the molecule is Cc1conc1-c1cc(C2N=C(NC3(CO)CC3)C(F)=CN2C)nn1CC1CCCC=C1F. The Bertz CT molecular complexity index is 1130. The topological polar surface area (TPSA) is 91.7 Å². The Morgan fingerprint density at radius 1 is 1.33 bits per heavy atom. The van der Waals surface area contributed by atoms with Crippen LogP contribution in [-0.4, -0.2) is 50.0 Å². The van der Waals surface area contributed by atoms with Crippen LogP contribution < -0.4 is 5.32 Å². The zero-order chi connectivity index (χ0) is 23.2. The van der Waals surface area contributed by atoms with Gasteiger partial charge in [0.2, 0.25) is 0 Å². The Morgan fingerprint density at radius 3 is 2.82 bits per heavy atom. The highest BCUT2D eigenvalue weighted by Crippen LogP contribution is 2.37. The second kappa shape index (κ2) is 8.40. The van der Waals surface area contributed by atoms with Crippen molar-refractivity contribution in [2.24, 2.45) is 10.9 Å². The summed E-state index contributed by atoms with van der Waals surface area (Å²) < 4.78 is 36.0. The zero-order valence-electron chi connectivity index (χ0n) is 18.8. The molecule has 33 heavy (non-hydrogen) atoms. The molecule has 3 aliphatic rings. The van der Waals surface area contributed by atoms with E-state index >= 15 is 0 Å². The summed E-state index contributed by atoms with van der Waals surface area (Å²) in [5.74, 6) is -0.738. The van der Waals surface area contributed by atoms with Crippen molar-refractivity contribution < 1.29 is 18.4 Å². The maximum Gasteiger partial charge on any atom is 0.180 e. The standard InChI is InChI=1S/C23H28F2N6O2/c1-14-12-33-29-20(14)19-9-18(28-31(19)10-15-5-3-4-6-16(15)24)22-26-21(17(25)11-30(22)2)27-23(13-32)7-8-23/h6,9,11-12,15,22,32H,3-5,7-8,10,13H2,1-2H3,(H,26,27). The molecule has 10 heteroatoms. The number of nitrogens with zero attached hydrogens (tertiary/aromatic N) is 5. The minimum atomic E-state index is -0.583. The highest BCUT2D eigenvalue weighted by Gasteiger charge is 2.44. The van der Waals surface area contributed by atoms with E-state index < -0.39 is 17.5 Å². The average molecular weight is 459 g/mol. The molecule has 176 valence electrons. The second-order valence-electron chi connectivity index (χ2n) is 9.26. The number of aromatic nitrogens is 3. The summed E-state index contributed by atoms with van der Waals surface area (Å²) in [5, 5.41) is 21.6. The van der Waals surface area contributed by atoms with Gasteiger partial charge in [-0.25, -0.2) is 13.8 Å². The van der Waals surface area contributed by atoms with Crippen LogP contribution in [0, 0.1) is 12.8 Å². The van der Waals surface area contributed by atoms with E-state index in [1.807, 2.05) is 13.0 Å². The molecule has 2 aliphatic carbocycles. The third kappa shape index (κ3) is 4.19. The van der Waals surface area contributed by atoms with Gasteiger partial charge in [-0.1, -0.05) is 11.2 Å². The molecule has 5 rings (SSSR count). The first-order valence-corrected chi connectivity index (χ1v) is 11.3. The van der Waals surface area contributed by atoms with E-state index in [0.29, 0.717) is 23.6 Å². The molecular weight excluding hydrogens is 430 g/mol. The van der Waals surface area contributed by atoms with E-state index in [-0.39, 0.29) is 24.2 Å². The van der Waals surface area contributed by atoms with Gasteiger partial charge in [-0.2, -0.15) is 5.10 Å². The van der Waals surface area contributed by atoms with E-state index in [2.05, 4.69) is 15.5 Å². The van der Waals surface area contributed by atoms with E-state index in [9.17, 15) is 13.9 Å². The van der Waals surface area contributed by atoms with Gasteiger partial charge in [0.1, 0.15) is 23.5 Å². The van der Waals surface area contributed by atoms with Crippen LogP contribution in [0.25, 0.3) is 11.4 Å². The monoisotopic (exact) mass is 458 g/mol. The number of allylic oxidation sites excluding steroid dienone is 2. The zero-order valence-corrected chi connectivity index (χ0v) is 18.8. The van der Waals surface area contributed by atoms with Gasteiger partial charge in [-0.15, -0.1) is 0 Å². The molecule has 0 spiro atoms. The number of aliphatic hydroxyl groups is 1. The van der Waals surface area contributed by atoms with E-state index in [1.165, 1.54) is 6.20 Å². The number of rotatable bonds is 6. The lowest BCUT2D eigenvalue weighted by Crippen LogP contribution is -2.42. The quantitative estimate of drug-likeness (QED) is 0.685. The van der Waals surface area contributed by atoms with Crippen LogP contribution in [0.5, 0.6) is 0 Å². The number of amidine groups is 1. The number of nitrogens with one attached hydrogen (secondary N) is 1. The molecule has 1 fully saturated rings. The molecular formula is C23H28F2N6O2. The summed E-state index contributed by atoms with van der Waals surface area (Å²) in [6, 6.07) is 1.85. The summed E-state index contributed by atoms with van der Waals surface area (Å²) in [5.41, 5.74) is 2.27.